The smallest absolute Gasteiger partial charge is 0.326 e. The van der Waals surface area contributed by atoms with Gasteiger partial charge in [-0.15, -0.1) is 0 Å². The van der Waals surface area contributed by atoms with Crippen molar-refractivity contribution in [2.24, 2.45) is 0 Å². The van der Waals surface area contributed by atoms with Gasteiger partial charge in [-0.2, -0.15) is 5.26 Å². The van der Waals surface area contributed by atoms with Crippen LogP contribution < -0.4 is 0 Å². The maximum atomic E-state index is 12.2. The van der Waals surface area contributed by atoms with Crippen molar-refractivity contribution in [1.29, 1.82) is 5.26 Å². The maximum Gasteiger partial charge on any atom is 0.326 e. The lowest BCUT2D eigenvalue weighted by Gasteiger charge is -2.16. The normalized spacial score (nSPS) is 9.79. The molecule has 0 bridgehead atoms. The van der Waals surface area contributed by atoms with E-state index >= 15 is 0 Å². The van der Waals surface area contributed by atoms with E-state index in [0.29, 0.717) is 16.7 Å². The quantitative estimate of drug-likeness (QED) is 0.755. The Bertz CT molecular complexity index is 836. The molecule has 1 aromatic heterocycles. The van der Waals surface area contributed by atoms with Crippen LogP contribution in [-0.2, 0) is 9.45 Å². The molecule has 24 heavy (non-hydrogen) atoms. The van der Waals surface area contributed by atoms with Crippen LogP contribution in [0.4, 0.5) is 0 Å². The number of aromatic hydroxyl groups is 1. The highest BCUT2D eigenvalue weighted by atomic mass is 16.5. The van der Waals surface area contributed by atoms with Crippen LogP contribution in [-0.4, -0.2) is 49.4 Å². The Labute approximate surface area is 140 Å². The third-order valence-corrected chi connectivity index (χ3v) is 3.34. The largest absolute Gasteiger partial charge is 0.542 e. The van der Waals surface area contributed by atoms with Crippen LogP contribution in [0.1, 0.15) is 16.1 Å². The molecule has 1 aromatic carbocycles. The van der Waals surface area contributed by atoms with E-state index in [1.807, 2.05) is 6.07 Å². The maximum absolute atomic E-state index is 12.2. The molecule has 0 aliphatic heterocycles. The average Bonchev–Trinajstić information content (AvgIpc) is 2.60. The number of rotatable bonds is 4. The van der Waals surface area contributed by atoms with Gasteiger partial charge in [-0.1, -0.05) is 12.1 Å². The molecule has 0 fully saturated rings. The van der Waals surface area contributed by atoms with Gasteiger partial charge in [0.25, 0.3) is 5.91 Å². The minimum absolute atomic E-state index is 0.165. The molecule has 2 aromatic rings. The molecule has 1 heterocycles. The lowest BCUT2D eigenvalue weighted by Crippen LogP contribution is -2.34. The summed E-state index contributed by atoms with van der Waals surface area (Å²) >= 11 is 0. The molecular weight excluding hydrogens is 308 g/mol. The first-order valence-electron chi connectivity index (χ1n) is 6.98. The summed E-state index contributed by atoms with van der Waals surface area (Å²) < 4.78 is 4.49. The van der Waals surface area contributed by atoms with Crippen LogP contribution in [0.3, 0.4) is 0 Å². The van der Waals surface area contributed by atoms with Crippen molar-refractivity contribution in [2.45, 2.75) is 0 Å². The first-order valence-corrected chi connectivity index (χ1v) is 6.98. The van der Waals surface area contributed by atoms with E-state index in [2.05, 4.69) is 9.64 Å². The Hall–Kier alpha value is -3.27. The molecule has 0 saturated heterocycles. The zero-order chi connectivity index (χ0) is 17.7. The zero-order valence-corrected chi connectivity index (χ0v) is 13.2. The van der Waals surface area contributed by atoms with E-state index in [1.54, 1.807) is 24.3 Å². The van der Waals surface area contributed by atoms with E-state index in [4.69, 9.17) is 5.26 Å². The Kier molecular flexibility index (Phi) is 5.22. The van der Waals surface area contributed by atoms with Crippen molar-refractivity contribution in [3.8, 4) is 22.9 Å². The lowest BCUT2D eigenvalue weighted by atomic mass is 10.0. The zero-order valence-electron chi connectivity index (χ0n) is 13.2. The standard InChI is InChI=1S/C15H13B2N3O4/c16-20(8-13(22)24-17)15(23)14-12(21)5-11(7-19-14)10-3-1-2-9(4-10)6-18/h1-5,7,21H,8,16-17H2. The van der Waals surface area contributed by atoms with Crippen molar-refractivity contribution < 1.29 is 19.3 Å². The number of nitrogens with zero attached hydrogens (tertiary/aromatic N) is 3. The van der Waals surface area contributed by atoms with Gasteiger partial charge in [0.05, 0.1) is 11.6 Å². The summed E-state index contributed by atoms with van der Waals surface area (Å²) in [5.41, 5.74) is 1.57. The van der Waals surface area contributed by atoms with Crippen molar-refractivity contribution >= 4 is 27.9 Å². The number of amides is 1. The van der Waals surface area contributed by atoms with Crippen LogP contribution in [0.2, 0.25) is 0 Å². The third-order valence-electron chi connectivity index (χ3n) is 3.34. The number of aromatic nitrogens is 1. The van der Waals surface area contributed by atoms with E-state index < -0.39 is 11.9 Å². The number of nitriles is 1. The predicted octanol–water partition coefficient (Wildman–Crippen LogP) is -0.593. The molecule has 1 N–H and O–H groups in total. The molecule has 0 atom stereocenters. The lowest BCUT2D eigenvalue weighted by molar-refractivity contribution is -0.133. The molecule has 0 unspecified atom stereocenters. The summed E-state index contributed by atoms with van der Waals surface area (Å²) in [4.78, 5) is 28.5. The second-order valence-electron chi connectivity index (χ2n) is 5.02. The van der Waals surface area contributed by atoms with Gasteiger partial charge in [0.1, 0.15) is 12.3 Å². The summed E-state index contributed by atoms with van der Waals surface area (Å²) in [6.45, 7) is -0.248. The Morgan fingerprint density at radius 1 is 1.33 bits per heavy atom. The molecule has 0 aliphatic rings. The molecular formula is C15H13B2N3O4. The number of hydrogen-bond donors (Lipinski definition) is 1. The molecule has 0 aliphatic carbocycles. The van der Waals surface area contributed by atoms with E-state index in [-0.39, 0.29) is 18.0 Å². The number of carbonyl (C=O) groups excluding carboxylic acids is 2. The fourth-order valence-corrected chi connectivity index (χ4v) is 2.05. The topological polar surface area (TPSA) is 104 Å². The van der Waals surface area contributed by atoms with Crippen LogP contribution in [0.15, 0.2) is 36.5 Å². The van der Waals surface area contributed by atoms with Crippen LogP contribution >= 0.6 is 0 Å². The second-order valence-corrected chi connectivity index (χ2v) is 5.02. The van der Waals surface area contributed by atoms with E-state index in [9.17, 15) is 14.7 Å². The highest BCUT2D eigenvalue weighted by molar-refractivity contribution is 6.20. The summed E-state index contributed by atoms with van der Waals surface area (Å²) in [6, 6.07) is 10.2. The fourth-order valence-electron chi connectivity index (χ4n) is 2.05. The molecule has 7 nitrogen and oxygen atoms in total. The summed E-state index contributed by atoms with van der Waals surface area (Å²) in [7, 11) is 2.63. The highest BCUT2D eigenvalue weighted by Gasteiger charge is 2.19. The van der Waals surface area contributed by atoms with Gasteiger partial charge in [0.15, 0.2) is 5.69 Å². The minimum Gasteiger partial charge on any atom is -0.542 e. The van der Waals surface area contributed by atoms with Crippen LogP contribution in [0.25, 0.3) is 11.1 Å². The second kappa shape index (κ2) is 7.33. The van der Waals surface area contributed by atoms with Gasteiger partial charge in [-0.25, -0.2) is 4.98 Å². The summed E-state index contributed by atoms with van der Waals surface area (Å²) in [5, 5.41) is 19.0. The third kappa shape index (κ3) is 3.73. The van der Waals surface area contributed by atoms with Crippen molar-refractivity contribution in [3.63, 3.8) is 0 Å². The minimum atomic E-state index is -0.602. The van der Waals surface area contributed by atoms with Gasteiger partial charge >= 0.3 is 14.0 Å². The average molecular weight is 321 g/mol. The van der Waals surface area contributed by atoms with Gasteiger partial charge in [-0.05, 0) is 23.8 Å². The monoisotopic (exact) mass is 321 g/mol. The molecule has 0 spiro atoms. The Morgan fingerprint density at radius 3 is 2.71 bits per heavy atom. The molecule has 1 amide bonds. The fraction of sp³-hybridized carbons (Fsp3) is 0.0667. The van der Waals surface area contributed by atoms with Crippen molar-refractivity contribution in [3.05, 3.63) is 47.8 Å². The Balaban J connectivity index is 2.28. The molecule has 9 heteroatoms. The van der Waals surface area contributed by atoms with E-state index in [1.165, 1.54) is 28.3 Å². The van der Waals surface area contributed by atoms with Gasteiger partial charge in [0.2, 0.25) is 7.98 Å². The summed E-state index contributed by atoms with van der Waals surface area (Å²) in [5.74, 6) is -1.48. The summed E-state index contributed by atoms with van der Waals surface area (Å²) in [6.07, 6.45) is 1.43. The van der Waals surface area contributed by atoms with E-state index in [0.717, 1.165) is 4.81 Å². The molecule has 0 radical (unpaired) electrons. The van der Waals surface area contributed by atoms with Gasteiger partial charge in [-0.3, -0.25) is 9.59 Å². The number of carbonyl (C=O) groups is 2. The number of benzene rings is 1. The highest BCUT2D eigenvalue weighted by Crippen LogP contribution is 2.25. The van der Waals surface area contributed by atoms with Crippen molar-refractivity contribution in [1.82, 2.24) is 9.79 Å². The number of pyridine rings is 1. The molecule has 118 valence electrons. The number of hydrogen-bond acceptors (Lipinski definition) is 6. The van der Waals surface area contributed by atoms with Gasteiger partial charge < -0.3 is 14.6 Å². The first-order chi connectivity index (χ1) is 11.5. The predicted molar refractivity (Wildman–Crippen MR) is 90.3 cm³/mol. The molecule has 2 rings (SSSR count). The first kappa shape index (κ1) is 17.1. The molecule has 0 saturated carbocycles. The Morgan fingerprint density at radius 2 is 2.08 bits per heavy atom. The van der Waals surface area contributed by atoms with Crippen LogP contribution in [0, 0.1) is 11.3 Å². The SMILES string of the molecule is BOC(=O)CN(B)C(=O)c1ncc(-c2cccc(C#N)c2)cc1O. The van der Waals surface area contributed by atoms with Gasteiger partial charge in [0, 0.05) is 11.8 Å². The van der Waals surface area contributed by atoms with Crippen LogP contribution in [0.5, 0.6) is 5.75 Å². The van der Waals surface area contributed by atoms with Crippen molar-refractivity contribution in [2.75, 3.05) is 6.54 Å².